The van der Waals surface area contributed by atoms with Crippen molar-refractivity contribution < 1.29 is 13.7 Å². The summed E-state index contributed by atoms with van der Waals surface area (Å²) in [7, 11) is 0. The predicted octanol–water partition coefficient (Wildman–Crippen LogP) is 2.95. The van der Waals surface area contributed by atoms with Crippen molar-refractivity contribution in [2.24, 2.45) is 0 Å². The summed E-state index contributed by atoms with van der Waals surface area (Å²) in [6, 6.07) is 4.47. The Morgan fingerprint density at radius 2 is 2.27 bits per heavy atom. The van der Waals surface area contributed by atoms with E-state index >= 15 is 0 Å². The molecular weight excluding hydrogens is 221 g/mol. The van der Waals surface area contributed by atoms with Crippen LogP contribution in [0, 0.1) is 5.82 Å². The average Bonchev–Trinajstić information content (AvgIpc) is 2.70. The van der Waals surface area contributed by atoms with Gasteiger partial charge in [-0.1, -0.05) is 22.8 Å². The normalized spacial score (nSPS) is 10.3. The number of nitrogens with zero attached hydrogens (tertiary/aromatic N) is 1. The number of hydrogen-bond donors (Lipinski definition) is 0. The number of aromatic nitrogens is 1. The molecule has 0 bridgehead atoms. The van der Waals surface area contributed by atoms with Gasteiger partial charge in [0.15, 0.2) is 12.1 Å². The van der Waals surface area contributed by atoms with Crippen molar-refractivity contribution in [3.8, 4) is 11.3 Å². The van der Waals surface area contributed by atoms with Crippen LogP contribution in [-0.4, -0.2) is 11.4 Å². The molecule has 5 heteroatoms. The van der Waals surface area contributed by atoms with Crippen molar-refractivity contribution in [2.75, 3.05) is 0 Å². The number of aldehydes is 1. The molecule has 1 aromatic heterocycles. The van der Waals surface area contributed by atoms with Gasteiger partial charge in [0, 0.05) is 5.56 Å². The smallest absolute Gasteiger partial charge is 0.155 e. The molecule has 0 aliphatic carbocycles. The second kappa shape index (κ2) is 3.82. The molecule has 1 heterocycles. The second-order valence-electron chi connectivity index (χ2n) is 2.84. The van der Waals surface area contributed by atoms with Crippen LogP contribution in [0.1, 0.15) is 10.4 Å². The van der Waals surface area contributed by atoms with Gasteiger partial charge in [0.1, 0.15) is 12.0 Å². The highest BCUT2D eigenvalue weighted by Crippen LogP contribution is 2.28. The molecule has 0 atom stereocenters. The molecule has 0 fully saturated rings. The zero-order chi connectivity index (χ0) is 10.8. The molecule has 0 aliphatic heterocycles. The molecule has 0 saturated carbocycles. The van der Waals surface area contributed by atoms with E-state index in [9.17, 15) is 9.18 Å². The van der Waals surface area contributed by atoms with Gasteiger partial charge in [0.2, 0.25) is 0 Å². The van der Waals surface area contributed by atoms with Crippen LogP contribution in [0.3, 0.4) is 0 Å². The number of halogens is 2. The Bertz CT molecular complexity index is 510. The Hall–Kier alpha value is -1.68. The highest BCUT2D eigenvalue weighted by molar-refractivity contribution is 6.31. The Kier molecular flexibility index (Phi) is 2.51. The van der Waals surface area contributed by atoms with Crippen LogP contribution < -0.4 is 0 Å². The van der Waals surface area contributed by atoms with Gasteiger partial charge in [-0.25, -0.2) is 4.39 Å². The van der Waals surface area contributed by atoms with Crippen molar-refractivity contribution in [3.63, 3.8) is 0 Å². The lowest BCUT2D eigenvalue weighted by Gasteiger charge is -2.00. The third-order valence-electron chi connectivity index (χ3n) is 1.93. The molecule has 0 radical (unpaired) electrons. The van der Waals surface area contributed by atoms with E-state index in [1.54, 1.807) is 6.07 Å². The van der Waals surface area contributed by atoms with Crippen molar-refractivity contribution >= 4 is 17.9 Å². The minimum absolute atomic E-state index is 0.0210. The predicted molar refractivity (Wildman–Crippen MR) is 52.3 cm³/mol. The summed E-state index contributed by atoms with van der Waals surface area (Å²) in [4.78, 5) is 10.6. The van der Waals surface area contributed by atoms with E-state index in [1.807, 2.05) is 0 Å². The molecule has 1 aromatic carbocycles. The van der Waals surface area contributed by atoms with E-state index in [0.717, 1.165) is 6.26 Å². The summed E-state index contributed by atoms with van der Waals surface area (Å²) < 4.78 is 18.1. The Labute approximate surface area is 89.4 Å². The number of carbonyl (C=O) groups excluding carboxylic acids is 1. The fraction of sp³-hybridized carbons (Fsp3) is 0. The Balaban J connectivity index is 2.64. The standard InChI is InChI=1S/C10H5ClFNO2/c11-8-3-1-2-7(9(8)12)10-6(4-14)5-15-13-10/h1-5H. The molecule has 2 aromatic rings. The molecule has 3 nitrogen and oxygen atoms in total. The molecule has 0 saturated heterocycles. The summed E-state index contributed by atoms with van der Waals surface area (Å²) in [5, 5.41) is 3.53. The SMILES string of the molecule is O=Cc1conc1-c1cccc(Cl)c1F. The zero-order valence-electron chi connectivity index (χ0n) is 7.41. The zero-order valence-corrected chi connectivity index (χ0v) is 8.16. The molecular formula is C10H5ClFNO2. The monoisotopic (exact) mass is 225 g/mol. The number of rotatable bonds is 2. The van der Waals surface area contributed by atoms with Crippen LogP contribution >= 0.6 is 11.6 Å². The maximum absolute atomic E-state index is 13.6. The van der Waals surface area contributed by atoms with Crippen LogP contribution in [0.15, 0.2) is 29.0 Å². The third-order valence-corrected chi connectivity index (χ3v) is 2.22. The number of hydrogen-bond acceptors (Lipinski definition) is 3. The van der Waals surface area contributed by atoms with Crippen LogP contribution in [0.2, 0.25) is 5.02 Å². The van der Waals surface area contributed by atoms with E-state index in [4.69, 9.17) is 11.6 Å². The summed E-state index contributed by atoms with van der Waals surface area (Å²) in [5.74, 6) is -0.615. The van der Waals surface area contributed by atoms with Crippen molar-refractivity contribution in [2.45, 2.75) is 0 Å². The summed E-state index contributed by atoms with van der Waals surface area (Å²) in [6.07, 6.45) is 1.70. The minimum atomic E-state index is -0.615. The summed E-state index contributed by atoms with van der Waals surface area (Å²) >= 11 is 5.60. The first-order chi connectivity index (χ1) is 7.24. The molecule has 15 heavy (non-hydrogen) atoms. The van der Waals surface area contributed by atoms with E-state index in [2.05, 4.69) is 9.68 Å². The summed E-state index contributed by atoms with van der Waals surface area (Å²) in [6.45, 7) is 0. The lowest BCUT2D eigenvalue weighted by molar-refractivity contribution is 0.112. The first-order valence-electron chi connectivity index (χ1n) is 4.08. The lowest BCUT2D eigenvalue weighted by atomic mass is 10.1. The maximum Gasteiger partial charge on any atom is 0.155 e. The van der Waals surface area contributed by atoms with Crippen LogP contribution in [0.25, 0.3) is 11.3 Å². The molecule has 0 N–H and O–H groups in total. The van der Waals surface area contributed by atoms with Crippen LogP contribution in [0.5, 0.6) is 0 Å². The molecule has 2 rings (SSSR count). The van der Waals surface area contributed by atoms with Crippen molar-refractivity contribution in [1.82, 2.24) is 5.16 Å². The minimum Gasteiger partial charge on any atom is -0.363 e. The van der Waals surface area contributed by atoms with Gasteiger partial charge < -0.3 is 4.52 Å². The Morgan fingerprint density at radius 3 is 3.00 bits per heavy atom. The molecule has 76 valence electrons. The van der Waals surface area contributed by atoms with Gasteiger partial charge in [-0.05, 0) is 12.1 Å². The van der Waals surface area contributed by atoms with E-state index in [1.165, 1.54) is 12.1 Å². The first-order valence-corrected chi connectivity index (χ1v) is 4.45. The fourth-order valence-corrected chi connectivity index (χ4v) is 1.39. The first kappa shape index (κ1) is 9.86. The quantitative estimate of drug-likeness (QED) is 0.738. The third kappa shape index (κ3) is 1.64. The van der Waals surface area contributed by atoms with Crippen molar-refractivity contribution in [3.05, 3.63) is 40.9 Å². The van der Waals surface area contributed by atoms with E-state index in [0.29, 0.717) is 6.29 Å². The fourth-order valence-electron chi connectivity index (χ4n) is 1.22. The van der Waals surface area contributed by atoms with Gasteiger partial charge in [0.05, 0.1) is 10.6 Å². The molecule has 0 amide bonds. The highest BCUT2D eigenvalue weighted by Gasteiger charge is 2.15. The molecule has 0 unspecified atom stereocenters. The van der Waals surface area contributed by atoms with E-state index < -0.39 is 5.82 Å². The van der Waals surface area contributed by atoms with E-state index in [-0.39, 0.29) is 21.8 Å². The molecule has 0 spiro atoms. The van der Waals surface area contributed by atoms with Crippen LogP contribution in [0.4, 0.5) is 4.39 Å². The Morgan fingerprint density at radius 1 is 1.47 bits per heavy atom. The topological polar surface area (TPSA) is 43.1 Å². The lowest BCUT2D eigenvalue weighted by Crippen LogP contribution is -1.89. The number of benzene rings is 1. The number of carbonyl (C=O) groups is 1. The van der Waals surface area contributed by atoms with Gasteiger partial charge in [-0.2, -0.15) is 0 Å². The average molecular weight is 226 g/mol. The molecule has 0 aliphatic rings. The van der Waals surface area contributed by atoms with Gasteiger partial charge in [0.25, 0.3) is 0 Å². The largest absolute Gasteiger partial charge is 0.363 e. The van der Waals surface area contributed by atoms with Gasteiger partial charge in [-0.3, -0.25) is 4.79 Å². The van der Waals surface area contributed by atoms with Gasteiger partial charge >= 0.3 is 0 Å². The second-order valence-corrected chi connectivity index (χ2v) is 3.24. The maximum atomic E-state index is 13.6. The summed E-state index contributed by atoms with van der Waals surface area (Å²) in [5.41, 5.74) is 0.500. The van der Waals surface area contributed by atoms with Crippen molar-refractivity contribution in [1.29, 1.82) is 0 Å². The highest BCUT2D eigenvalue weighted by atomic mass is 35.5. The van der Waals surface area contributed by atoms with Crippen LogP contribution in [-0.2, 0) is 0 Å². The van der Waals surface area contributed by atoms with Gasteiger partial charge in [-0.15, -0.1) is 0 Å².